The first-order valence-electron chi connectivity index (χ1n) is 6.02. The molecule has 5 nitrogen and oxygen atoms in total. The number of rotatable bonds is 6. The van der Waals surface area contributed by atoms with E-state index in [9.17, 15) is 0 Å². The van der Waals surface area contributed by atoms with Gasteiger partial charge in [0.2, 0.25) is 5.88 Å². The first-order valence-corrected chi connectivity index (χ1v) is 6.02. The number of hydrogen-bond acceptors (Lipinski definition) is 5. The Morgan fingerprint density at radius 2 is 2.06 bits per heavy atom. The Hall–Kier alpha value is -1.88. The van der Waals surface area contributed by atoms with Crippen LogP contribution in [0.4, 0.5) is 5.69 Å². The summed E-state index contributed by atoms with van der Waals surface area (Å²) in [6.07, 6.45) is 2.49. The van der Waals surface area contributed by atoms with E-state index in [0.717, 1.165) is 23.9 Å². The van der Waals surface area contributed by atoms with Crippen molar-refractivity contribution in [3.05, 3.63) is 24.5 Å². The van der Waals surface area contributed by atoms with Crippen LogP contribution in [-0.4, -0.2) is 29.8 Å². The number of aromatic nitrogens is 2. The standard InChI is InChI=1S/C13H17N3O2/c1-2-5-17-6-7-18-13-11-8-10(14)3-4-12(11)15-9-16-13/h3-4,8-9H,2,5-7,14H2,1H3. The Bertz CT molecular complexity index is 517. The average molecular weight is 247 g/mol. The highest BCUT2D eigenvalue weighted by Crippen LogP contribution is 2.23. The van der Waals surface area contributed by atoms with Crippen LogP contribution in [0.15, 0.2) is 24.5 Å². The van der Waals surface area contributed by atoms with Gasteiger partial charge in [0.05, 0.1) is 17.5 Å². The predicted molar refractivity (Wildman–Crippen MR) is 70.6 cm³/mol. The second-order valence-electron chi connectivity index (χ2n) is 3.92. The van der Waals surface area contributed by atoms with E-state index in [1.807, 2.05) is 18.2 Å². The third kappa shape index (κ3) is 3.07. The minimum Gasteiger partial charge on any atom is -0.475 e. The Morgan fingerprint density at radius 1 is 1.17 bits per heavy atom. The lowest BCUT2D eigenvalue weighted by Gasteiger charge is -2.08. The van der Waals surface area contributed by atoms with Crippen molar-refractivity contribution in [3.8, 4) is 5.88 Å². The lowest BCUT2D eigenvalue weighted by molar-refractivity contribution is 0.0996. The summed E-state index contributed by atoms with van der Waals surface area (Å²) in [5, 5.41) is 0.827. The molecule has 96 valence electrons. The molecule has 0 aliphatic heterocycles. The molecule has 1 aromatic carbocycles. The normalized spacial score (nSPS) is 10.7. The van der Waals surface area contributed by atoms with E-state index in [1.54, 1.807) is 0 Å². The largest absolute Gasteiger partial charge is 0.475 e. The lowest BCUT2D eigenvalue weighted by Crippen LogP contribution is -2.08. The number of benzene rings is 1. The number of fused-ring (bicyclic) bond motifs is 1. The smallest absolute Gasteiger partial charge is 0.224 e. The fourth-order valence-corrected chi connectivity index (χ4v) is 1.61. The maximum atomic E-state index is 5.75. The van der Waals surface area contributed by atoms with Gasteiger partial charge in [-0.05, 0) is 24.6 Å². The highest BCUT2D eigenvalue weighted by atomic mass is 16.5. The van der Waals surface area contributed by atoms with Crippen LogP contribution in [-0.2, 0) is 4.74 Å². The molecule has 0 aliphatic carbocycles. The van der Waals surface area contributed by atoms with Gasteiger partial charge >= 0.3 is 0 Å². The average Bonchev–Trinajstić information content (AvgIpc) is 2.39. The molecule has 0 fully saturated rings. The first kappa shape index (κ1) is 12.6. The molecule has 0 unspecified atom stereocenters. The number of hydrogen-bond donors (Lipinski definition) is 1. The summed E-state index contributed by atoms with van der Waals surface area (Å²) >= 11 is 0. The fourth-order valence-electron chi connectivity index (χ4n) is 1.61. The molecule has 18 heavy (non-hydrogen) atoms. The highest BCUT2D eigenvalue weighted by molar-refractivity contribution is 5.86. The number of anilines is 1. The second-order valence-corrected chi connectivity index (χ2v) is 3.92. The molecule has 0 aliphatic rings. The molecule has 0 bridgehead atoms. The number of nitrogens with two attached hydrogens (primary N) is 1. The van der Waals surface area contributed by atoms with E-state index in [2.05, 4.69) is 16.9 Å². The predicted octanol–water partition coefficient (Wildman–Crippen LogP) is 2.02. The van der Waals surface area contributed by atoms with Gasteiger partial charge < -0.3 is 15.2 Å². The summed E-state index contributed by atoms with van der Waals surface area (Å²) in [4.78, 5) is 8.28. The quantitative estimate of drug-likeness (QED) is 0.624. The highest BCUT2D eigenvalue weighted by Gasteiger charge is 2.04. The Balaban J connectivity index is 2.05. The summed E-state index contributed by atoms with van der Waals surface area (Å²) in [5.74, 6) is 0.549. The summed E-state index contributed by atoms with van der Waals surface area (Å²) < 4.78 is 10.9. The third-order valence-electron chi connectivity index (χ3n) is 2.44. The molecule has 0 atom stereocenters. The zero-order valence-electron chi connectivity index (χ0n) is 10.4. The van der Waals surface area contributed by atoms with Crippen molar-refractivity contribution in [1.82, 2.24) is 9.97 Å². The van der Waals surface area contributed by atoms with Gasteiger partial charge in [-0.15, -0.1) is 0 Å². The van der Waals surface area contributed by atoms with Crippen molar-refractivity contribution >= 4 is 16.6 Å². The van der Waals surface area contributed by atoms with E-state index in [0.29, 0.717) is 24.8 Å². The summed E-state index contributed by atoms with van der Waals surface area (Å²) in [5.41, 5.74) is 7.24. The molecule has 0 saturated carbocycles. The fraction of sp³-hybridized carbons (Fsp3) is 0.385. The van der Waals surface area contributed by atoms with E-state index >= 15 is 0 Å². The maximum absolute atomic E-state index is 5.75. The molecule has 2 aromatic rings. The first-order chi connectivity index (χ1) is 8.81. The van der Waals surface area contributed by atoms with Crippen LogP contribution in [0.1, 0.15) is 13.3 Å². The van der Waals surface area contributed by atoms with Gasteiger partial charge in [-0.2, -0.15) is 0 Å². The van der Waals surface area contributed by atoms with Gasteiger partial charge in [0.1, 0.15) is 12.9 Å². The third-order valence-corrected chi connectivity index (χ3v) is 2.44. The van der Waals surface area contributed by atoms with Gasteiger partial charge in [-0.1, -0.05) is 6.92 Å². The Kier molecular flexibility index (Phi) is 4.30. The molecule has 2 rings (SSSR count). The van der Waals surface area contributed by atoms with Crippen molar-refractivity contribution in [1.29, 1.82) is 0 Å². The second kappa shape index (κ2) is 6.16. The van der Waals surface area contributed by atoms with Crippen LogP contribution < -0.4 is 10.5 Å². The van der Waals surface area contributed by atoms with Gasteiger partial charge in [-0.3, -0.25) is 0 Å². The molecule has 0 amide bonds. The van der Waals surface area contributed by atoms with Gasteiger partial charge in [0.15, 0.2) is 0 Å². The molecule has 1 heterocycles. The maximum Gasteiger partial charge on any atom is 0.224 e. The van der Waals surface area contributed by atoms with E-state index in [1.165, 1.54) is 6.33 Å². The zero-order valence-corrected chi connectivity index (χ0v) is 10.4. The Morgan fingerprint density at radius 3 is 2.89 bits per heavy atom. The lowest BCUT2D eigenvalue weighted by atomic mass is 10.2. The molecule has 5 heteroatoms. The molecule has 0 saturated heterocycles. The summed E-state index contributed by atoms with van der Waals surface area (Å²) in [7, 11) is 0. The Labute approximate surface area is 106 Å². The van der Waals surface area contributed by atoms with Crippen LogP contribution in [0, 0.1) is 0 Å². The zero-order chi connectivity index (χ0) is 12.8. The molecular formula is C13H17N3O2. The van der Waals surface area contributed by atoms with Crippen molar-refractivity contribution in [2.45, 2.75) is 13.3 Å². The SMILES string of the molecule is CCCOCCOc1ncnc2ccc(N)cc12. The van der Waals surface area contributed by atoms with Crippen molar-refractivity contribution in [2.75, 3.05) is 25.6 Å². The topological polar surface area (TPSA) is 70.3 Å². The van der Waals surface area contributed by atoms with Crippen LogP contribution in [0.5, 0.6) is 5.88 Å². The van der Waals surface area contributed by atoms with Gasteiger partial charge in [0, 0.05) is 12.3 Å². The minimum atomic E-state index is 0.473. The van der Waals surface area contributed by atoms with Crippen molar-refractivity contribution < 1.29 is 9.47 Å². The summed E-state index contributed by atoms with van der Waals surface area (Å²) in [6.45, 7) is 3.85. The summed E-state index contributed by atoms with van der Waals surface area (Å²) in [6, 6.07) is 5.48. The molecule has 2 N–H and O–H groups in total. The van der Waals surface area contributed by atoms with E-state index in [-0.39, 0.29) is 0 Å². The van der Waals surface area contributed by atoms with Crippen LogP contribution in [0.3, 0.4) is 0 Å². The number of nitrogen functional groups attached to an aromatic ring is 1. The van der Waals surface area contributed by atoms with Crippen molar-refractivity contribution in [2.24, 2.45) is 0 Å². The molecule has 1 aromatic heterocycles. The molecule has 0 radical (unpaired) electrons. The van der Waals surface area contributed by atoms with Crippen LogP contribution >= 0.6 is 0 Å². The minimum absolute atomic E-state index is 0.473. The monoisotopic (exact) mass is 247 g/mol. The number of ether oxygens (including phenoxy) is 2. The van der Waals surface area contributed by atoms with Gasteiger partial charge in [0.25, 0.3) is 0 Å². The van der Waals surface area contributed by atoms with E-state index < -0.39 is 0 Å². The number of nitrogens with zero attached hydrogens (tertiary/aromatic N) is 2. The van der Waals surface area contributed by atoms with Crippen LogP contribution in [0.25, 0.3) is 10.9 Å². The molecule has 0 spiro atoms. The van der Waals surface area contributed by atoms with E-state index in [4.69, 9.17) is 15.2 Å². The van der Waals surface area contributed by atoms with Gasteiger partial charge in [-0.25, -0.2) is 9.97 Å². The van der Waals surface area contributed by atoms with Crippen LogP contribution in [0.2, 0.25) is 0 Å². The van der Waals surface area contributed by atoms with Crippen molar-refractivity contribution in [3.63, 3.8) is 0 Å². The molecular weight excluding hydrogens is 230 g/mol.